The number of imidazole rings is 1. The zero-order chi connectivity index (χ0) is 19.2. The van der Waals surface area contributed by atoms with E-state index in [2.05, 4.69) is 20.6 Å². The van der Waals surface area contributed by atoms with Gasteiger partial charge in [-0.3, -0.25) is 9.59 Å². The second-order valence-electron chi connectivity index (χ2n) is 5.57. The number of carbonyl (C=O) groups excluding carboxylic acids is 2. The summed E-state index contributed by atoms with van der Waals surface area (Å²) in [5.74, 6) is -0.482. The van der Waals surface area contributed by atoms with Gasteiger partial charge in [-0.2, -0.15) is 0 Å². The molecule has 2 amide bonds. The van der Waals surface area contributed by atoms with Crippen LogP contribution in [0.4, 0.5) is 11.4 Å². The van der Waals surface area contributed by atoms with Gasteiger partial charge in [0.25, 0.3) is 0 Å². The predicted molar refractivity (Wildman–Crippen MR) is 102 cm³/mol. The van der Waals surface area contributed by atoms with Gasteiger partial charge >= 0.3 is 11.8 Å². The number of nitrogens with one attached hydrogen (secondary N) is 3. The summed E-state index contributed by atoms with van der Waals surface area (Å²) >= 11 is 0. The van der Waals surface area contributed by atoms with Crippen LogP contribution in [0.15, 0.2) is 42.7 Å². The minimum absolute atomic E-state index is 0.436. The van der Waals surface area contributed by atoms with Crippen LogP contribution in [0.5, 0.6) is 11.5 Å². The smallest absolute Gasteiger partial charge is 0.314 e. The van der Waals surface area contributed by atoms with E-state index in [9.17, 15) is 9.59 Å². The molecule has 0 atom stereocenters. The Hall–Kier alpha value is -3.55. The number of aromatic amines is 1. The maximum Gasteiger partial charge on any atom is 0.314 e. The van der Waals surface area contributed by atoms with Gasteiger partial charge in [-0.1, -0.05) is 0 Å². The van der Waals surface area contributed by atoms with E-state index in [1.165, 1.54) is 0 Å². The van der Waals surface area contributed by atoms with E-state index < -0.39 is 11.8 Å². The van der Waals surface area contributed by atoms with Gasteiger partial charge in [0, 0.05) is 17.4 Å². The largest absolute Gasteiger partial charge is 0.490 e. The number of amides is 2. The molecule has 3 aromatic rings. The maximum atomic E-state index is 12.2. The molecule has 140 valence electrons. The molecule has 3 N–H and O–H groups in total. The Morgan fingerprint density at radius 3 is 2.26 bits per heavy atom. The molecule has 8 heteroatoms. The molecule has 0 aliphatic rings. The van der Waals surface area contributed by atoms with E-state index in [4.69, 9.17) is 9.47 Å². The highest BCUT2D eigenvalue weighted by Crippen LogP contribution is 2.30. The first kappa shape index (κ1) is 18.2. The number of hydrogen-bond acceptors (Lipinski definition) is 5. The Labute approximate surface area is 155 Å². The van der Waals surface area contributed by atoms with Gasteiger partial charge in [-0.25, -0.2) is 4.98 Å². The van der Waals surface area contributed by atoms with Crippen molar-refractivity contribution in [1.82, 2.24) is 9.97 Å². The lowest BCUT2D eigenvalue weighted by molar-refractivity contribution is -0.132. The van der Waals surface area contributed by atoms with Crippen molar-refractivity contribution in [2.75, 3.05) is 23.8 Å². The van der Waals surface area contributed by atoms with Crippen LogP contribution in [-0.2, 0) is 9.59 Å². The highest BCUT2D eigenvalue weighted by molar-refractivity contribution is 6.43. The summed E-state index contributed by atoms with van der Waals surface area (Å²) < 4.78 is 11.0. The van der Waals surface area contributed by atoms with Crippen LogP contribution in [0.25, 0.3) is 11.0 Å². The number of aromatic nitrogens is 2. The molecule has 2 aromatic carbocycles. The first-order valence-electron chi connectivity index (χ1n) is 8.55. The molecule has 1 aromatic heterocycles. The molecule has 0 bridgehead atoms. The molecule has 0 spiro atoms. The van der Waals surface area contributed by atoms with E-state index in [1.54, 1.807) is 42.7 Å². The van der Waals surface area contributed by atoms with Gasteiger partial charge in [0.15, 0.2) is 11.5 Å². The molecule has 0 aliphatic heterocycles. The van der Waals surface area contributed by atoms with E-state index in [1.807, 2.05) is 13.8 Å². The Balaban J connectivity index is 1.68. The van der Waals surface area contributed by atoms with E-state index in [-0.39, 0.29) is 0 Å². The van der Waals surface area contributed by atoms with Crippen LogP contribution in [0.1, 0.15) is 13.8 Å². The number of fused-ring (bicyclic) bond motifs is 1. The second kappa shape index (κ2) is 8.22. The fourth-order valence-electron chi connectivity index (χ4n) is 2.52. The summed E-state index contributed by atoms with van der Waals surface area (Å²) in [5.41, 5.74) is 2.47. The lowest BCUT2D eigenvalue weighted by Gasteiger charge is -2.13. The zero-order valence-electron chi connectivity index (χ0n) is 15.0. The topological polar surface area (TPSA) is 105 Å². The van der Waals surface area contributed by atoms with Crippen LogP contribution in [0, 0.1) is 0 Å². The Kier molecular flexibility index (Phi) is 5.55. The molecule has 0 saturated heterocycles. The third-order valence-electron chi connectivity index (χ3n) is 3.69. The minimum atomic E-state index is -0.786. The fourth-order valence-corrected chi connectivity index (χ4v) is 2.52. The van der Waals surface area contributed by atoms with Gasteiger partial charge < -0.3 is 25.1 Å². The number of nitrogens with zero attached hydrogens (tertiary/aromatic N) is 1. The summed E-state index contributed by atoms with van der Waals surface area (Å²) in [6, 6.07) is 10.1. The molecule has 0 unspecified atom stereocenters. The summed E-state index contributed by atoms with van der Waals surface area (Å²) in [6.07, 6.45) is 1.56. The summed E-state index contributed by atoms with van der Waals surface area (Å²) in [4.78, 5) is 31.4. The van der Waals surface area contributed by atoms with Crippen LogP contribution < -0.4 is 20.1 Å². The number of anilines is 2. The highest BCUT2D eigenvalue weighted by Gasteiger charge is 2.16. The van der Waals surface area contributed by atoms with Crippen LogP contribution >= 0.6 is 0 Å². The number of rotatable bonds is 6. The van der Waals surface area contributed by atoms with Crippen molar-refractivity contribution in [3.8, 4) is 11.5 Å². The van der Waals surface area contributed by atoms with Gasteiger partial charge in [-0.05, 0) is 44.2 Å². The molecular formula is C19H20N4O4. The number of H-pyrrole nitrogens is 1. The third kappa shape index (κ3) is 4.35. The number of carbonyl (C=O) groups is 2. The molecule has 3 rings (SSSR count). The van der Waals surface area contributed by atoms with Crippen LogP contribution in [-0.4, -0.2) is 35.0 Å². The Morgan fingerprint density at radius 1 is 0.926 bits per heavy atom. The van der Waals surface area contributed by atoms with E-state index >= 15 is 0 Å². The van der Waals surface area contributed by atoms with Crippen LogP contribution in [0.3, 0.4) is 0 Å². The van der Waals surface area contributed by atoms with E-state index in [0.717, 1.165) is 11.0 Å². The second-order valence-corrected chi connectivity index (χ2v) is 5.57. The predicted octanol–water partition coefficient (Wildman–Crippen LogP) is 2.94. The first-order valence-corrected chi connectivity index (χ1v) is 8.55. The summed E-state index contributed by atoms with van der Waals surface area (Å²) in [5, 5.41) is 5.12. The van der Waals surface area contributed by atoms with Crippen molar-refractivity contribution in [2.45, 2.75) is 13.8 Å². The standard InChI is InChI=1S/C19H20N4O4/c1-3-26-16-8-6-13(10-17(16)27-4-2)23-19(25)18(24)22-12-5-7-14-15(9-12)21-11-20-14/h5-11H,3-4H2,1-2H3,(H,20,21)(H,22,24)(H,23,25). The van der Waals surface area contributed by atoms with Gasteiger partial charge in [0.1, 0.15) is 0 Å². The number of benzene rings is 2. The Bertz CT molecular complexity index is 967. The maximum absolute atomic E-state index is 12.2. The molecule has 27 heavy (non-hydrogen) atoms. The molecule has 1 heterocycles. The lowest BCUT2D eigenvalue weighted by Crippen LogP contribution is -2.29. The molecule has 0 fully saturated rings. The summed E-state index contributed by atoms with van der Waals surface area (Å²) in [7, 11) is 0. The van der Waals surface area contributed by atoms with Crippen molar-refractivity contribution in [3.05, 3.63) is 42.7 Å². The van der Waals surface area contributed by atoms with Crippen molar-refractivity contribution in [2.24, 2.45) is 0 Å². The number of hydrogen-bond donors (Lipinski definition) is 3. The molecule has 0 radical (unpaired) electrons. The Morgan fingerprint density at radius 2 is 1.56 bits per heavy atom. The highest BCUT2D eigenvalue weighted by atomic mass is 16.5. The monoisotopic (exact) mass is 368 g/mol. The zero-order valence-corrected chi connectivity index (χ0v) is 15.0. The van der Waals surface area contributed by atoms with Gasteiger partial charge in [0.05, 0.1) is 30.6 Å². The SMILES string of the molecule is CCOc1ccc(NC(=O)C(=O)Nc2ccc3nc[nH]c3c2)cc1OCC. The first-order chi connectivity index (χ1) is 13.1. The number of ether oxygens (including phenoxy) is 2. The fraction of sp³-hybridized carbons (Fsp3) is 0.211. The normalized spacial score (nSPS) is 10.4. The molecule has 0 aliphatic carbocycles. The molecule has 8 nitrogen and oxygen atoms in total. The van der Waals surface area contributed by atoms with Crippen molar-refractivity contribution < 1.29 is 19.1 Å². The van der Waals surface area contributed by atoms with E-state index in [0.29, 0.717) is 36.1 Å². The van der Waals surface area contributed by atoms with Crippen LogP contribution in [0.2, 0.25) is 0 Å². The van der Waals surface area contributed by atoms with Crippen molar-refractivity contribution >= 4 is 34.2 Å². The molecule has 0 saturated carbocycles. The minimum Gasteiger partial charge on any atom is -0.490 e. The summed E-state index contributed by atoms with van der Waals surface area (Å²) in [6.45, 7) is 4.67. The quantitative estimate of drug-likeness (QED) is 0.580. The third-order valence-corrected chi connectivity index (χ3v) is 3.69. The van der Waals surface area contributed by atoms with Crippen molar-refractivity contribution in [1.29, 1.82) is 0 Å². The molecular weight excluding hydrogens is 348 g/mol. The lowest BCUT2D eigenvalue weighted by atomic mass is 10.2. The average molecular weight is 368 g/mol. The van der Waals surface area contributed by atoms with Gasteiger partial charge in [0.2, 0.25) is 0 Å². The van der Waals surface area contributed by atoms with Crippen molar-refractivity contribution in [3.63, 3.8) is 0 Å². The average Bonchev–Trinajstić information content (AvgIpc) is 3.12. The van der Waals surface area contributed by atoms with Gasteiger partial charge in [-0.15, -0.1) is 0 Å².